The van der Waals surface area contributed by atoms with E-state index in [4.69, 9.17) is 4.74 Å². The summed E-state index contributed by atoms with van der Waals surface area (Å²) in [5, 5.41) is 0. The second-order valence-electron chi connectivity index (χ2n) is 8.32. The summed E-state index contributed by atoms with van der Waals surface area (Å²) in [5.41, 5.74) is 1.44. The molecule has 160 valence electrons. The van der Waals surface area contributed by atoms with Gasteiger partial charge in [-0.25, -0.2) is 13.1 Å². The molecular weight excluding hydrogens is 370 g/mol. The third-order valence-corrected chi connectivity index (χ3v) is 7.48. The van der Waals surface area contributed by atoms with Crippen molar-refractivity contribution in [1.29, 1.82) is 0 Å². The minimum Gasteiger partial charge on any atom is -0.378 e. The summed E-state index contributed by atoms with van der Waals surface area (Å²) in [6, 6.07) is 10.7. The Hall–Kier alpha value is -0.910. The van der Waals surface area contributed by atoms with E-state index in [0.29, 0.717) is 18.6 Å². The molecule has 5 heteroatoms. The van der Waals surface area contributed by atoms with Crippen LogP contribution in [0.5, 0.6) is 0 Å². The van der Waals surface area contributed by atoms with E-state index in [2.05, 4.69) is 48.9 Å². The van der Waals surface area contributed by atoms with E-state index in [1.54, 1.807) is 6.92 Å². The van der Waals surface area contributed by atoms with Crippen LogP contribution in [-0.4, -0.2) is 32.9 Å². The van der Waals surface area contributed by atoms with Crippen molar-refractivity contribution in [1.82, 2.24) is 4.72 Å². The molecule has 0 unspecified atom stereocenters. The van der Waals surface area contributed by atoms with Crippen LogP contribution in [0.4, 0.5) is 0 Å². The van der Waals surface area contributed by atoms with Crippen molar-refractivity contribution < 1.29 is 13.2 Å². The van der Waals surface area contributed by atoms with E-state index in [1.165, 1.54) is 18.4 Å². The van der Waals surface area contributed by atoms with Crippen LogP contribution in [0, 0.1) is 5.92 Å². The van der Waals surface area contributed by atoms with Gasteiger partial charge in [-0.05, 0) is 56.4 Å². The Balaban J connectivity index is 1.80. The van der Waals surface area contributed by atoms with Crippen LogP contribution in [0.3, 0.4) is 0 Å². The van der Waals surface area contributed by atoms with Crippen molar-refractivity contribution in [2.75, 3.05) is 12.4 Å². The average molecular weight is 410 g/mol. The van der Waals surface area contributed by atoms with Crippen LogP contribution < -0.4 is 4.72 Å². The number of nitrogens with one attached hydrogen (secondary N) is 1. The predicted octanol–water partition coefficient (Wildman–Crippen LogP) is 5.25. The van der Waals surface area contributed by atoms with Gasteiger partial charge in [-0.15, -0.1) is 0 Å². The van der Waals surface area contributed by atoms with Crippen LogP contribution >= 0.6 is 0 Å². The molecule has 0 radical (unpaired) electrons. The van der Waals surface area contributed by atoms with E-state index in [0.717, 1.165) is 38.5 Å². The smallest absolute Gasteiger partial charge is 0.211 e. The predicted molar refractivity (Wildman–Crippen MR) is 117 cm³/mol. The van der Waals surface area contributed by atoms with Crippen molar-refractivity contribution in [3.8, 4) is 0 Å². The minimum atomic E-state index is -3.19. The highest BCUT2D eigenvalue weighted by Gasteiger charge is 2.26. The molecule has 4 nitrogen and oxygen atoms in total. The summed E-state index contributed by atoms with van der Waals surface area (Å²) >= 11 is 0. The molecule has 1 aromatic carbocycles. The zero-order valence-corrected chi connectivity index (χ0v) is 18.7. The molecule has 1 N–H and O–H groups in total. The monoisotopic (exact) mass is 409 g/mol. The van der Waals surface area contributed by atoms with Crippen molar-refractivity contribution in [3.63, 3.8) is 0 Å². The summed E-state index contributed by atoms with van der Waals surface area (Å²) in [7, 11) is -3.19. The van der Waals surface area contributed by atoms with E-state index in [-0.39, 0.29) is 17.7 Å². The third-order valence-electron chi connectivity index (χ3n) is 6.06. The second kappa shape index (κ2) is 11.9. The number of benzene rings is 1. The van der Waals surface area contributed by atoms with Gasteiger partial charge in [0.2, 0.25) is 10.0 Å². The molecule has 0 bridgehead atoms. The molecule has 0 aliphatic heterocycles. The van der Waals surface area contributed by atoms with Crippen LogP contribution in [0.1, 0.15) is 83.6 Å². The van der Waals surface area contributed by atoms with Gasteiger partial charge in [0.15, 0.2) is 0 Å². The van der Waals surface area contributed by atoms with Crippen molar-refractivity contribution >= 4 is 10.0 Å². The summed E-state index contributed by atoms with van der Waals surface area (Å²) < 4.78 is 33.3. The first kappa shape index (κ1) is 23.4. The average Bonchev–Trinajstić information content (AvgIpc) is 2.72. The maximum absolute atomic E-state index is 12.1. The first-order chi connectivity index (χ1) is 13.4. The highest BCUT2D eigenvalue weighted by molar-refractivity contribution is 7.89. The summed E-state index contributed by atoms with van der Waals surface area (Å²) in [6.45, 7) is 6.61. The number of unbranched alkanes of at least 4 members (excludes halogenated alkanes) is 2. The Morgan fingerprint density at radius 3 is 2.36 bits per heavy atom. The molecule has 1 aliphatic carbocycles. The lowest BCUT2D eigenvalue weighted by atomic mass is 9.83. The molecule has 28 heavy (non-hydrogen) atoms. The van der Waals surface area contributed by atoms with Crippen molar-refractivity contribution in [2.45, 2.75) is 90.2 Å². The second-order valence-corrected chi connectivity index (χ2v) is 10.4. The molecular formula is C23H39NO3S. The highest BCUT2D eigenvalue weighted by Crippen LogP contribution is 2.34. The fourth-order valence-electron chi connectivity index (χ4n) is 4.08. The molecule has 0 aromatic heterocycles. The Morgan fingerprint density at radius 1 is 1.07 bits per heavy atom. The zero-order chi connectivity index (χ0) is 20.4. The topological polar surface area (TPSA) is 55.4 Å². The number of hydrogen-bond acceptors (Lipinski definition) is 3. The number of ether oxygens (including phenoxy) is 1. The standard InChI is InChI=1S/C23H39NO3S/c1-4-6-8-13-23(24-28(25,26)5-2)19(3)18-27-22-16-14-21(15-17-22)20-11-9-7-10-12-20/h7,9-12,19,21-24H,4-6,8,13-18H2,1-3H3/t19-,21-,22+,23-/m0/s1. The van der Waals surface area contributed by atoms with Gasteiger partial charge in [-0.2, -0.15) is 0 Å². The lowest BCUT2D eigenvalue weighted by Gasteiger charge is -2.31. The Bertz CT molecular complexity index is 639. The van der Waals surface area contributed by atoms with Crippen LogP contribution in [0.15, 0.2) is 30.3 Å². The van der Waals surface area contributed by atoms with Crippen molar-refractivity contribution in [2.24, 2.45) is 5.92 Å². The number of rotatable bonds is 12. The lowest BCUT2D eigenvalue weighted by Crippen LogP contribution is -2.42. The van der Waals surface area contributed by atoms with E-state index in [9.17, 15) is 8.42 Å². The van der Waals surface area contributed by atoms with Crippen LogP contribution in [0.2, 0.25) is 0 Å². The van der Waals surface area contributed by atoms with Gasteiger partial charge in [0.1, 0.15) is 0 Å². The molecule has 0 spiro atoms. The Labute approximate surface area is 172 Å². The zero-order valence-electron chi connectivity index (χ0n) is 17.9. The quantitative estimate of drug-likeness (QED) is 0.479. The molecule has 1 aliphatic rings. The van der Waals surface area contributed by atoms with Gasteiger partial charge >= 0.3 is 0 Å². The van der Waals surface area contributed by atoms with E-state index >= 15 is 0 Å². The van der Waals surface area contributed by atoms with E-state index < -0.39 is 10.0 Å². The van der Waals surface area contributed by atoms with Gasteiger partial charge < -0.3 is 4.74 Å². The number of hydrogen-bond donors (Lipinski definition) is 1. The number of sulfonamides is 1. The van der Waals surface area contributed by atoms with Gasteiger partial charge in [-0.3, -0.25) is 0 Å². The first-order valence-electron chi connectivity index (χ1n) is 11.1. The van der Waals surface area contributed by atoms with E-state index in [1.807, 2.05) is 0 Å². The van der Waals surface area contributed by atoms with Crippen molar-refractivity contribution in [3.05, 3.63) is 35.9 Å². The molecule has 1 saturated carbocycles. The summed E-state index contributed by atoms with van der Waals surface area (Å²) in [6.07, 6.45) is 9.06. The van der Waals surface area contributed by atoms with Gasteiger partial charge in [0.05, 0.1) is 18.5 Å². The van der Waals surface area contributed by atoms with Crippen LogP contribution in [-0.2, 0) is 14.8 Å². The molecule has 0 amide bonds. The molecule has 2 atom stereocenters. The maximum Gasteiger partial charge on any atom is 0.211 e. The normalized spacial score (nSPS) is 22.7. The summed E-state index contributed by atoms with van der Waals surface area (Å²) in [4.78, 5) is 0. The Kier molecular flexibility index (Phi) is 9.96. The largest absolute Gasteiger partial charge is 0.378 e. The lowest BCUT2D eigenvalue weighted by molar-refractivity contribution is 0.00202. The van der Waals surface area contributed by atoms with Gasteiger partial charge in [0.25, 0.3) is 0 Å². The molecule has 0 heterocycles. The van der Waals surface area contributed by atoms with Gasteiger partial charge in [0, 0.05) is 6.04 Å². The molecule has 1 fully saturated rings. The fraction of sp³-hybridized carbons (Fsp3) is 0.739. The fourth-order valence-corrected chi connectivity index (χ4v) is 5.06. The first-order valence-corrected chi connectivity index (χ1v) is 12.8. The highest BCUT2D eigenvalue weighted by atomic mass is 32.2. The Morgan fingerprint density at radius 2 is 1.75 bits per heavy atom. The summed E-state index contributed by atoms with van der Waals surface area (Å²) in [5.74, 6) is 0.968. The van der Waals surface area contributed by atoms with Gasteiger partial charge in [-0.1, -0.05) is 63.4 Å². The van der Waals surface area contributed by atoms with Crippen LogP contribution in [0.25, 0.3) is 0 Å². The molecule has 0 saturated heterocycles. The molecule has 2 rings (SSSR count). The SMILES string of the molecule is CCCCC[C@H](NS(=O)(=O)CC)[C@@H](C)CO[C@H]1CC[C@@H](c2ccccc2)CC1. The minimum absolute atomic E-state index is 0.0304. The maximum atomic E-state index is 12.1. The molecule has 1 aromatic rings. The third kappa shape index (κ3) is 7.84.